The third kappa shape index (κ3) is 2.74. The van der Waals surface area contributed by atoms with E-state index in [0.29, 0.717) is 17.3 Å². The van der Waals surface area contributed by atoms with Gasteiger partial charge in [0.2, 0.25) is 5.88 Å². The highest BCUT2D eigenvalue weighted by Gasteiger charge is 2.01. The summed E-state index contributed by atoms with van der Waals surface area (Å²) in [5.74, 6) is 0.928. The molecule has 0 aliphatic heterocycles. The van der Waals surface area contributed by atoms with Gasteiger partial charge < -0.3 is 9.84 Å². The lowest BCUT2D eigenvalue weighted by Crippen LogP contribution is -1.95. The number of hydrogen-bond acceptors (Lipinski definition) is 5. The Kier molecular flexibility index (Phi) is 3.43. The highest BCUT2D eigenvalue weighted by Crippen LogP contribution is 2.20. The minimum atomic E-state index is -0.133. The molecule has 0 saturated carbocycles. The van der Waals surface area contributed by atoms with Gasteiger partial charge in [-0.3, -0.25) is 4.98 Å². The molecule has 0 fully saturated rings. The zero-order chi connectivity index (χ0) is 11.4. The molecule has 0 spiro atoms. The van der Waals surface area contributed by atoms with Crippen LogP contribution in [0.2, 0.25) is 0 Å². The van der Waals surface area contributed by atoms with Crippen LogP contribution in [0, 0.1) is 0 Å². The molecule has 0 unspecified atom stereocenters. The van der Waals surface area contributed by atoms with Gasteiger partial charge >= 0.3 is 0 Å². The first-order chi connectivity index (χ1) is 7.78. The lowest BCUT2D eigenvalue weighted by Gasteiger charge is -2.03. The summed E-state index contributed by atoms with van der Waals surface area (Å²) >= 11 is 3.29. The summed E-state index contributed by atoms with van der Waals surface area (Å²) in [5, 5.41) is 16.4. The van der Waals surface area contributed by atoms with Crippen molar-refractivity contribution < 1.29 is 9.84 Å². The molecule has 6 heteroatoms. The van der Waals surface area contributed by atoms with E-state index in [1.807, 2.05) is 0 Å². The SMILES string of the molecule is OCc1ccc(Oc2cncc(Br)c2)nn1. The molecule has 0 atom stereocenters. The van der Waals surface area contributed by atoms with Crippen molar-refractivity contribution >= 4 is 15.9 Å². The van der Waals surface area contributed by atoms with Crippen LogP contribution >= 0.6 is 15.9 Å². The van der Waals surface area contributed by atoms with Gasteiger partial charge in [0.25, 0.3) is 0 Å². The Labute approximate surface area is 100 Å². The Balaban J connectivity index is 2.14. The van der Waals surface area contributed by atoms with E-state index in [0.717, 1.165) is 4.47 Å². The summed E-state index contributed by atoms with van der Waals surface area (Å²) in [6.45, 7) is -0.133. The number of pyridine rings is 1. The number of halogens is 1. The maximum Gasteiger partial charge on any atom is 0.238 e. The van der Waals surface area contributed by atoms with E-state index in [-0.39, 0.29) is 6.61 Å². The van der Waals surface area contributed by atoms with Gasteiger partial charge in [-0.25, -0.2) is 0 Å². The van der Waals surface area contributed by atoms with Crippen LogP contribution in [0.4, 0.5) is 0 Å². The average molecular weight is 282 g/mol. The third-order valence-corrected chi connectivity index (χ3v) is 2.19. The number of rotatable bonds is 3. The van der Waals surface area contributed by atoms with Gasteiger partial charge in [-0.05, 0) is 28.1 Å². The Hall–Kier alpha value is -1.53. The summed E-state index contributed by atoms with van der Waals surface area (Å²) in [5.41, 5.74) is 0.500. The number of hydrogen-bond donors (Lipinski definition) is 1. The lowest BCUT2D eigenvalue weighted by atomic mass is 10.4. The van der Waals surface area contributed by atoms with Crippen LogP contribution in [0.3, 0.4) is 0 Å². The molecule has 5 nitrogen and oxygen atoms in total. The average Bonchev–Trinajstić information content (AvgIpc) is 2.30. The minimum absolute atomic E-state index is 0.133. The Bertz CT molecular complexity index is 476. The molecule has 2 rings (SSSR count). The topological polar surface area (TPSA) is 68.1 Å². The molecule has 2 aromatic heterocycles. The van der Waals surface area contributed by atoms with Gasteiger partial charge in [-0.1, -0.05) is 0 Å². The molecule has 1 N–H and O–H groups in total. The highest BCUT2D eigenvalue weighted by atomic mass is 79.9. The number of aliphatic hydroxyl groups is 1. The van der Waals surface area contributed by atoms with Gasteiger partial charge in [0.15, 0.2) is 0 Å². The van der Waals surface area contributed by atoms with Crippen molar-refractivity contribution in [2.45, 2.75) is 6.61 Å². The van der Waals surface area contributed by atoms with E-state index >= 15 is 0 Å². The van der Waals surface area contributed by atoms with E-state index < -0.39 is 0 Å². The Morgan fingerprint density at radius 1 is 1.25 bits per heavy atom. The molecule has 2 heterocycles. The van der Waals surface area contributed by atoms with Gasteiger partial charge in [0.1, 0.15) is 5.75 Å². The lowest BCUT2D eigenvalue weighted by molar-refractivity contribution is 0.274. The van der Waals surface area contributed by atoms with Crippen LogP contribution in [0.25, 0.3) is 0 Å². The van der Waals surface area contributed by atoms with Crippen LogP contribution < -0.4 is 4.74 Å². The first kappa shape index (κ1) is 11.0. The van der Waals surface area contributed by atoms with E-state index in [1.54, 1.807) is 30.6 Å². The molecule has 16 heavy (non-hydrogen) atoms. The van der Waals surface area contributed by atoms with Crippen LogP contribution in [0.5, 0.6) is 11.6 Å². The van der Waals surface area contributed by atoms with Crippen molar-refractivity contribution in [1.29, 1.82) is 0 Å². The third-order valence-electron chi connectivity index (χ3n) is 1.76. The molecule has 0 saturated heterocycles. The fourth-order valence-electron chi connectivity index (χ4n) is 1.06. The minimum Gasteiger partial charge on any atom is -0.436 e. The van der Waals surface area contributed by atoms with Crippen molar-refractivity contribution in [2.24, 2.45) is 0 Å². The van der Waals surface area contributed by atoms with E-state index in [2.05, 4.69) is 31.1 Å². The molecule has 2 aromatic rings. The van der Waals surface area contributed by atoms with Crippen molar-refractivity contribution in [3.8, 4) is 11.6 Å². The smallest absolute Gasteiger partial charge is 0.238 e. The van der Waals surface area contributed by atoms with Gasteiger partial charge in [0, 0.05) is 16.7 Å². The van der Waals surface area contributed by atoms with Crippen molar-refractivity contribution in [3.63, 3.8) is 0 Å². The second-order valence-electron chi connectivity index (χ2n) is 2.96. The number of aromatic nitrogens is 3. The summed E-state index contributed by atoms with van der Waals surface area (Å²) in [7, 11) is 0. The van der Waals surface area contributed by atoms with Gasteiger partial charge in [-0.2, -0.15) is 0 Å². The van der Waals surface area contributed by atoms with Crippen LogP contribution in [0.1, 0.15) is 5.69 Å². The highest BCUT2D eigenvalue weighted by molar-refractivity contribution is 9.10. The molecule has 0 radical (unpaired) electrons. The standard InChI is InChI=1S/C10H8BrN3O2/c11-7-3-9(5-12-4-7)16-10-2-1-8(6-15)13-14-10/h1-5,15H,6H2. The second-order valence-corrected chi connectivity index (χ2v) is 3.88. The monoisotopic (exact) mass is 281 g/mol. The summed E-state index contributed by atoms with van der Waals surface area (Å²) in [6.07, 6.45) is 3.24. The second kappa shape index (κ2) is 5.00. The van der Waals surface area contributed by atoms with Crippen molar-refractivity contribution in [1.82, 2.24) is 15.2 Å². The fraction of sp³-hybridized carbons (Fsp3) is 0.100. The van der Waals surface area contributed by atoms with Crippen LogP contribution in [-0.2, 0) is 6.61 Å². The summed E-state index contributed by atoms with van der Waals surface area (Å²) in [4.78, 5) is 3.95. The van der Waals surface area contributed by atoms with Crippen molar-refractivity contribution in [3.05, 3.63) is 40.8 Å². The molecule has 0 bridgehead atoms. The first-order valence-electron chi connectivity index (χ1n) is 4.50. The fourth-order valence-corrected chi connectivity index (χ4v) is 1.40. The van der Waals surface area contributed by atoms with Crippen molar-refractivity contribution in [2.75, 3.05) is 0 Å². The van der Waals surface area contributed by atoms with E-state index in [1.165, 1.54) is 0 Å². The number of nitrogens with zero attached hydrogens (tertiary/aromatic N) is 3. The summed E-state index contributed by atoms with van der Waals surface area (Å²) in [6, 6.07) is 5.06. The zero-order valence-corrected chi connectivity index (χ0v) is 9.75. The molecule has 0 aromatic carbocycles. The molecule has 82 valence electrons. The van der Waals surface area contributed by atoms with Gasteiger partial charge in [-0.15, -0.1) is 10.2 Å². The Morgan fingerprint density at radius 3 is 2.75 bits per heavy atom. The normalized spacial score (nSPS) is 10.1. The number of ether oxygens (including phenoxy) is 1. The molecule has 0 aliphatic rings. The maximum atomic E-state index is 8.80. The van der Waals surface area contributed by atoms with E-state index in [9.17, 15) is 0 Å². The molecular weight excluding hydrogens is 274 g/mol. The summed E-state index contributed by atoms with van der Waals surface area (Å²) < 4.78 is 6.23. The molecule has 0 aliphatic carbocycles. The zero-order valence-electron chi connectivity index (χ0n) is 8.17. The van der Waals surface area contributed by atoms with Crippen LogP contribution in [-0.4, -0.2) is 20.3 Å². The first-order valence-corrected chi connectivity index (χ1v) is 5.29. The quantitative estimate of drug-likeness (QED) is 0.931. The molecule has 0 amide bonds. The predicted molar refractivity (Wildman–Crippen MR) is 60.0 cm³/mol. The number of aliphatic hydroxyl groups excluding tert-OH is 1. The predicted octanol–water partition coefficient (Wildman–Crippen LogP) is 1.92. The van der Waals surface area contributed by atoms with Crippen LogP contribution in [0.15, 0.2) is 35.1 Å². The molecular formula is C10H8BrN3O2. The Morgan fingerprint density at radius 2 is 2.12 bits per heavy atom. The van der Waals surface area contributed by atoms with Gasteiger partial charge in [0.05, 0.1) is 18.5 Å². The maximum absolute atomic E-state index is 8.80. The largest absolute Gasteiger partial charge is 0.436 e. The van der Waals surface area contributed by atoms with E-state index in [4.69, 9.17) is 9.84 Å².